The summed E-state index contributed by atoms with van der Waals surface area (Å²) in [6, 6.07) is 17.5. The highest BCUT2D eigenvalue weighted by Crippen LogP contribution is 2.18. The van der Waals surface area contributed by atoms with Crippen molar-refractivity contribution in [1.29, 1.82) is 0 Å². The van der Waals surface area contributed by atoms with Crippen molar-refractivity contribution in [2.45, 2.75) is 18.7 Å². The lowest BCUT2D eigenvalue weighted by molar-refractivity contribution is 0.0981. The minimum atomic E-state index is -3.90. The number of hydrogen-bond acceptors (Lipinski definition) is 3. The van der Waals surface area contributed by atoms with Crippen molar-refractivity contribution in [3.05, 3.63) is 77.4 Å². The number of amides is 1. The second-order valence-corrected chi connectivity index (χ2v) is 7.43. The van der Waals surface area contributed by atoms with Crippen LogP contribution in [0.15, 0.2) is 65.6 Å². The van der Waals surface area contributed by atoms with E-state index in [1.165, 1.54) is 6.07 Å². The molecule has 0 heterocycles. The summed E-state index contributed by atoms with van der Waals surface area (Å²) in [5.74, 6) is -0.640. The quantitative estimate of drug-likeness (QED) is 0.793. The maximum Gasteiger partial charge on any atom is 0.265 e. The van der Waals surface area contributed by atoms with Crippen LogP contribution in [0.4, 0.5) is 0 Å². The lowest BCUT2D eigenvalue weighted by Crippen LogP contribution is -2.30. The van der Waals surface area contributed by atoms with Crippen molar-refractivity contribution in [2.24, 2.45) is 0 Å². The number of sulfonamides is 1. The van der Waals surface area contributed by atoms with E-state index in [0.717, 1.165) is 21.9 Å². The number of nitrogens with one attached hydrogen (secondary N) is 1. The van der Waals surface area contributed by atoms with Gasteiger partial charge in [0, 0.05) is 5.56 Å². The lowest BCUT2D eigenvalue weighted by atomic mass is 10.1. The zero-order valence-electron chi connectivity index (χ0n) is 13.4. The summed E-state index contributed by atoms with van der Waals surface area (Å²) < 4.78 is 27.0. The number of benzene rings is 3. The van der Waals surface area contributed by atoms with Gasteiger partial charge in [0.2, 0.25) is 0 Å². The molecule has 1 amide bonds. The molecule has 0 spiro atoms. The predicted octanol–water partition coefficient (Wildman–Crippen LogP) is 3.58. The van der Waals surface area contributed by atoms with E-state index in [0.29, 0.717) is 5.56 Å². The fourth-order valence-electron chi connectivity index (χ4n) is 2.45. The molecule has 4 nitrogen and oxygen atoms in total. The average Bonchev–Trinajstić information content (AvgIpc) is 2.56. The summed E-state index contributed by atoms with van der Waals surface area (Å²) in [4.78, 5) is 12.4. The molecule has 1 N–H and O–H groups in total. The van der Waals surface area contributed by atoms with Crippen molar-refractivity contribution >= 4 is 26.7 Å². The topological polar surface area (TPSA) is 63.2 Å². The molecule has 0 aliphatic rings. The van der Waals surface area contributed by atoms with Crippen LogP contribution in [0.2, 0.25) is 0 Å². The molecule has 24 heavy (non-hydrogen) atoms. The van der Waals surface area contributed by atoms with Gasteiger partial charge in [0.05, 0.1) is 4.90 Å². The Morgan fingerprint density at radius 2 is 1.54 bits per heavy atom. The van der Waals surface area contributed by atoms with Gasteiger partial charge < -0.3 is 0 Å². The highest BCUT2D eigenvalue weighted by Gasteiger charge is 2.19. The van der Waals surface area contributed by atoms with Crippen molar-refractivity contribution < 1.29 is 13.2 Å². The smallest absolute Gasteiger partial charge is 0.265 e. The molecule has 0 unspecified atom stereocenters. The molecule has 0 bridgehead atoms. The van der Waals surface area contributed by atoms with Crippen LogP contribution in [0.25, 0.3) is 10.8 Å². The van der Waals surface area contributed by atoms with Crippen LogP contribution < -0.4 is 4.72 Å². The van der Waals surface area contributed by atoms with E-state index in [-0.39, 0.29) is 4.90 Å². The number of hydrogen-bond donors (Lipinski definition) is 1. The van der Waals surface area contributed by atoms with E-state index in [2.05, 4.69) is 4.72 Å². The number of carbonyl (C=O) groups excluding carboxylic acids is 1. The molecule has 0 saturated carbocycles. The monoisotopic (exact) mass is 339 g/mol. The van der Waals surface area contributed by atoms with Crippen LogP contribution in [0.3, 0.4) is 0 Å². The van der Waals surface area contributed by atoms with Crippen molar-refractivity contribution in [2.75, 3.05) is 0 Å². The Morgan fingerprint density at radius 3 is 2.25 bits per heavy atom. The molecule has 0 aliphatic heterocycles. The summed E-state index contributed by atoms with van der Waals surface area (Å²) in [5, 5.41) is 1.87. The zero-order valence-corrected chi connectivity index (χ0v) is 14.2. The third-order valence-electron chi connectivity index (χ3n) is 4.03. The predicted molar refractivity (Wildman–Crippen MR) is 94.5 cm³/mol. The molecular formula is C19H17NO3S. The molecule has 122 valence electrons. The van der Waals surface area contributed by atoms with Gasteiger partial charge >= 0.3 is 0 Å². The molecule has 3 aromatic rings. The van der Waals surface area contributed by atoms with E-state index in [9.17, 15) is 13.2 Å². The van der Waals surface area contributed by atoms with E-state index in [1.54, 1.807) is 30.3 Å². The Bertz CT molecular complexity index is 1040. The SMILES string of the molecule is Cc1ccc(S(=O)(=O)NC(=O)c2ccc3ccccc3c2)cc1C. The van der Waals surface area contributed by atoms with Crippen LogP contribution in [-0.2, 0) is 10.0 Å². The van der Waals surface area contributed by atoms with Crippen LogP contribution in [0.5, 0.6) is 0 Å². The first-order valence-electron chi connectivity index (χ1n) is 7.50. The largest absolute Gasteiger partial charge is 0.268 e. The lowest BCUT2D eigenvalue weighted by Gasteiger charge is -2.09. The number of aryl methyl sites for hydroxylation is 2. The molecule has 3 rings (SSSR count). The third kappa shape index (κ3) is 3.16. The Balaban J connectivity index is 1.90. The summed E-state index contributed by atoms with van der Waals surface area (Å²) >= 11 is 0. The van der Waals surface area contributed by atoms with Crippen LogP contribution in [0, 0.1) is 13.8 Å². The highest BCUT2D eigenvalue weighted by atomic mass is 32.2. The average molecular weight is 339 g/mol. The van der Waals surface area contributed by atoms with Gasteiger partial charge in [0.1, 0.15) is 0 Å². The van der Waals surface area contributed by atoms with Crippen molar-refractivity contribution in [3.8, 4) is 0 Å². The molecule has 0 fully saturated rings. The fraction of sp³-hybridized carbons (Fsp3) is 0.105. The fourth-order valence-corrected chi connectivity index (χ4v) is 3.51. The van der Waals surface area contributed by atoms with Gasteiger partial charge in [-0.1, -0.05) is 36.4 Å². The highest BCUT2D eigenvalue weighted by molar-refractivity contribution is 7.90. The maximum absolute atomic E-state index is 12.4. The molecule has 0 radical (unpaired) electrons. The standard InChI is InChI=1S/C19H17NO3S/c1-13-7-10-18(11-14(13)2)24(22,23)20-19(21)17-9-8-15-5-3-4-6-16(15)12-17/h3-12H,1-2H3,(H,20,21). The summed E-state index contributed by atoms with van der Waals surface area (Å²) in [5.41, 5.74) is 2.16. The minimum absolute atomic E-state index is 0.0831. The second kappa shape index (κ2) is 6.09. The second-order valence-electron chi connectivity index (χ2n) is 5.74. The minimum Gasteiger partial charge on any atom is -0.268 e. The molecule has 0 atom stereocenters. The van der Waals surface area contributed by atoms with Gasteiger partial charge in [-0.25, -0.2) is 13.1 Å². The Morgan fingerprint density at radius 1 is 0.833 bits per heavy atom. The molecule has 5 heteroatoms. The van der Waals surface area contributed by atoms with Gasteiger partial charge in [-0.05, 0) is 60.0 Å². The van der Waals surface area contributed by atoms with Gasteiger partial charge in [-0.2, -0.15) is 0 Å². The number of fused-ring (bicyclic) bond motifs is 1. The van der Waals surface area contributed by atoms with Crippen LogP contribution in [0.1, 0.15) is 21.5 Å². The molecule has 0 saturated heterocycles. The van der Waals surface area contributed by atoms with E-state index in [1.807, 2.05) is 38.1 Å². The summed E-state index contributed by atoms with van der Waals surface area (Å²) in [6.07, 6.45) is 0. The van der Waals surface area contributed by atoms with Crippen LogP contribution >= 0.6 is 0 Å². The number of rotatable bonds is 3. The number of carbonyl (C=O) groups is 1. The van der Waals surface area contributed by atoms with E-state index >= 15 is 0 Å². The third-order valence-corrected chi connectivity index (χ3v) is 5.36. The van der Waals surface area contributed by atoms with E-state index < -0.39 is 15.9 Å². The summed E-state index contributed by atoms with van der Waals surface area (Å²) in [6.45, 7) is 3.74. The normalized spacial score (nSPS) is 11.4. The van der Waals surface area contributed by atoms with Gasteiger partial charge in [0.25, 0.3) is 15.9 Å². The van der Waals surface area contributed by atoms with Crippen LogP contribution in [-0.4, -0.2) is 14.3 Å². The zero-order chi connectivity index (χ0) is 17.3. The Hall–Kier alpha value is -2.66. The summed E-state index contributed by atoms with van der Waals surface area (Å²) in [7, 11) is -3.90. The Labute approximate surface area is 141 Å². The van der Waals surface area contributed by atoms with Crippen molar-refractivity contribution in [3.63, 3.8) is 0 Å². The van der Waals surface area contributed by atoms with Gasteiger partial charge in [0.15, 0.2) is 0 Å². The molecule has 0 aliphatic carbocycles. The molecule has 3 aromatic carbocycles. The van der Waals surface area contributed by atoms with E-state index in [4.69, 9.17) is 0 Å². The first-order chi connectivity index (χ1) is 11.4. The Kier molecular flexibility index (Phi) is 4.11. The molecule has 0 aromatic heterocycles. The van der Waals surface area contributed by atoms with Gasteiger partial charge in [-0.3, -0.25) is 4.79 Å². The molecular weight excluding hydrogens is 322 g/mol. The first-order valence-corrected chi connectivity index (χ1v) is 8.98. The van der Waals surface area contributed by atoms with Crippen molar-refractivity contribution in [1.82, 2.24) is 4.72 Å². The van der Waals surface area contributed by atoms with Gasteiger partial charge in [-0.15, -0.1) is 0 Å². The maximum atomic E-state index is 12.4. The first kappa shape index (κ1) is 16.2.